The predicted octanol–water partition coefficient (Wildman–Crippen LogP) is 2.41. The van der Waals surface area contributed by atoms with Crippen LogP contribution in [-0.2, 0) is 4.74 Å². The number of nitro benzene ring substituents is 2. The van der Waals surface area contributed by atoms with Crippen LogP contribution in [0.1, 0.15) is 20.8 Å². The Morgan fingerprint density at radius 1 is 1.17 bits per heavy atom. The van der Waals surface area contributed by atoms with E-state index in [1.807, 2.05) is 0 Å². The molecule has 1 aromatic rings. The Morgan fingerprint density at radius 2 is 1.78 bits per heavy atom. The summed E-state index contributed by atoms with van der Waals surface area (Å²) < 4.78 is 10.2. The molecule has 0 radical (unpaired) electrons. The van der Waals surface area contributed by atoms with Crippen LogP contribution in [0.5, 0.6) is 5.75 Å². The van der Waals surface area contributed by atoms with Gasteiger partial charge in [0, 0.05) is 6.07 Å². The van der Waals surface area contributed by atoms with E-state index >= 15 is 0 Å². The van der Waals surface area contributed by atoms with Gasteiger partial charge in [-0.15, -0.1) is 0 Å². The molecule has 126 valence electrons. The van der Waals surface area contributed by atoms with Gasteiger partial charge in [-0.25, -0.2) is 4.79 Å². The molecule has 0 saturated carbocycles. The maximum absolute atomic E-state index is 11.4. The summed E-state index contributed by atoms with van der Waals surface area (Å²) in [7, 11) is 0. The third-order valence-electron chi connectivity index (χ3n) is 2.38. The molecule has 0 aliphatic heterocycles. The van der Waals surface area contributed by atoms with Crippen LogP contribution in [0.4, 0.5) is 16.2 Å². The van der Waals surface area contributed by atoms with Crippen molar-refractivity contribution in [3.8, 4) is 5.75 Å². The highest BCUT2D eigenvalue weighted by atomic mass is 16.6. The number of nitro groups is 2. The van der Waals surface area contributed by atoms with Crippen molar-refractivity contribution in [2.75, 3.05) is 13.2 Å². The van der Waals surface area contributed by atoms with Crippen LogP contribution in [0.3, 0.4) is 0 Å². The normalized spacial score (nSPS) is 10.7. The second kappa shape index (κ2) is 7.38. The monoisotopic (exact) mass is 327 g/mol. The Kier molecular flexibility index (Phi) is 5.82. The van der Waals surface area contributed by atoms with Crippen LogP contribution in [0, 0.1) is 20.2 Å². The van der Waals surface area contributed by atoms with E-state index in [2.05, 4.69) is 5.32 Å². The Labute approximate surface area is 131 Å². The van der Waals surface area contributed by atoms with Gasteiger partial charge in [0.05, 0.1) is 22.5 Å². The fraction of sp³-hybridized carbons (Fsp3) is 0.462. The molecule has 10 nitrogen and oxygen atoms in total. The highest BCUT2D eigenvalue weighted by molar-refractivity contribution is 5.67. The first-order valence-corrected chi connectivity index (χ1v) is 6.62. The first-order valence-electron chi connectivity index (χ1n) is 6.62. The summed E-state index contributed by atoms with van der Waals surface area (Å²) >= 11 is 0. The number of nitrogens with zero attached hydrogens (tertiary/aromatic N) is 2. The highest BCUT2D eigenvalue weighted by Gasteiger charge is 2.24. The average molecular weight is 327 g/mol. The van der Waals surface area contributed by atoms with Gasteiger partial charge in [0.2, 0.25) is 0 Å². The molecule has 0 aromatic heterocycles. The topological polar surface area (TPSA) is 134 Å². The summed E-state index contributed by atoms with van der Waals surface area (Å²) in [6.07, 6.45) is -0.615. The van der Waals surface area contributed by atoms with Crippen LogP contribution in [0.25, 0.3) is 0 Å². The third kappa shape index (κ3) is 6.16. The molecule has 0 atom stereocenters. The molecule has 0 saturated heterocycles. The minimum absolute atomic E-state index is 0.0220. The Hall–Kier alpha value is -2.91. The lowest BCUT2D eigenvalue weighted by Gasteiger charge is -2.19. The van der Waals surface area contributed by atoms with E-state index in [4.69, 9.17) is 9.47 Å². The fourth-order valence-electron chi connectivity index (χ4n) is 1.53. The Balaban J connectivity index is 2.56. The summed E-state index contributed by atoms with van der Waals surface area (Å²) in [5.74, 6) is 0.0910. The zero-order chi connectivity index (χ0) is 17.6. The molecule has 0 spiro atoms. The van der Waals surface area contributed by atoms with Gasteiger partial charge in [-0.1, -0.05) is 0 Å². The molecule has 10 heteroatoms. The van der Waals surface area contributed by atoms with Gasteiger partial charge in [0.1, 0.15) is 18.0 Å². The van der Waals surface area contributed by atoms with E-state index in [0.29, 0.717) is 0 Å². The molecule has 0 heterocycles. The van der Waals surface area contributed by atoms with Crippen molar-refractivity contribution in [3.63, 3.8) is 0 Å². The summed E-state index contributed by atoms with van der Waals surface area (Å²) in [6.45, 7) is 5.30. The number of hydrogen-bond acceptors (Lipinski definition) is 7. The van der Waals surface area contributed by atoms with Crippen molar-refractivity contribution in [1.82, 2.24) is 5.32 Å². The van der Waals surface area contributed by atoms with Crippen LogP contribution >= 0.6 is 0 Å². The zero-order valence-corrected chi connectivity index (χ0v) is 12.9. The van der Waals surface area contributed by atoms with Gasteiger partial charge in [0.25, 0.3) is 0 Å². The standard InChI is InChI=1S/C13H17N3O7/c1-13(2,3)23-12(17)14-6-7-22-9-4-5-10(15(18)19)11(8-9)16(20)21/h4-5,8H,6-7H2,1-3H3,(H,14,17). The molecule has 1 N–H and O–H groups in total. The second-order valence-corrected chi connectivity index (χ2v) is 5.44. The largest absolute Gasteiger partial charge is 0.491 e. The van der Waals surface area contributed by atoms with Crippen molar-refractivity contribution >= 4 is 17.5 Å². The van der Waals surface area contributed by atoms with Gasteiger partial charge >= 0.3 is 17.5 Å². The Bertz CT molecular complexity index is 610. The fourth-order valence-corrected chi connectivity index (χ4v) is 1.53. The lowest BCUT2D eigenvalue weighted by Crippen LogP contribution is -2.34. The maximum atomic E-state index is 11.4. The lowest BCUT2D eigenvalue weighted by atomic mass is 10.2. The SMILES string of the molecule is CC(C)(C)OC(=O)NCCOc1ccc([N+](=O)[O-])c([N+](=O)[O-])c1. The van der Waals surface area contributed by atoms with E-state index in [0.717, 1.165) is 12.1 Å². The van der Waals surface area contributed by atoms with Gasteiger partial charge in [-0.2, -0.15) is 0 Å². The van der Waals surface area contributed by atoms with Crippen molar-refractivity contribution in [2.24, 2.45) is 0 Å². The number of carbonyl (C=O) groups excluding carboxylic acids is 1. The molecule has 0 bridgehead atoms. The molecular weight excluding hydrogens is 310 g/mol. The van der Waals surface area contributed by atoms with Crippen molar-refractivity contribution in [3.05, 3.63) is 38.4 Å². The summed E-state index contributed by atoms with van der Waals surface area (Å²) in [4.78, 5) is 31.2. The minimum atomic E-state index is -0.857. The summed E-state index contributed by atoms with van der Waals surface area (Å²) in [6, 6.07) is 3.21. The van der Waals surface area contributed by atoms with Crippen LogP contribution in [0.15, 0.2) is 18.2 Å². The number of nitrogens with one attached hydrogen (secondary N) is 1. The minimum Gasteiger partial charge on any atom is -0.491 e. The quantitative estimate of drug-likeness (QED) is 0.481. The molecule has 1 amide bonds. The number of amides is 1. The molecular formula is C13H17N3O7. The van der Waals surface area contributed by atoms with E-state index in [1.165, 1.54) is 6.07 Å². The van der Waals surface area contributed by atoms with Gasteiger partial charge in [0.15, 0.2) is 0 Å². The molecule has 0 fully saturated rings. The van der Waals surface area contributed by atoms with Gasteiger partial charge in [-0.05, 0) is 26.8 Å². The van der Waals surface area contributed by atoms with E-state index in [-0.39, 0.29) is 18.9 Å². The number of carbonyl (C=O) groups is 1. The molecule has 0 aliphatic carbocycles. The number of benzene rings is 1. The lowest BCUT2D eigenvalue weighted by molar-refractivity contribution is -0.422. The van der Waals surface area contributed by atoms with Crippen molar-refractivity contribution in [2.45, 2.75) is 26.4 Å². The van der Waals surface area contributed by atoms with Crippen molar-refractivity contribution in [1.29, 1.82) is 0 Å². The first kappa shape index (κ1) is 18.1. The molecule has 1 aromatic carbocycles. The first-order chi connectivity index (χ1) is 10.6. The van der Waals surface area contributed by atoms with Gasteiger partial charge < -0.3 is 14.8 Å². The number of alkyl carbamates (subject to hydrolysis) is 1. The molecule has 0 aliphatic rings. The number of ether oxygens (including phenoxy) is 2. The maximum Gasteiger partial charge on any atom is 0.407 e. The molecule has 1 rings (SSSR count). The van der Waals surface area contributed by atoms with Crippen molar-refractivity contribution < 1.29 is 24.1 Å². The summed E-state index contributed by atoms with van der Waals surface area (Å²) in [5.41, 5.74) is -1.90. The average Bonchev–Trinajstić information content (AvgIpc) is 2.41. The zero-order valence-electron chi connectivity index (χ0n) is 12.9. The van der Waals surface area contributed by atoms with E-state index in [9.17, 15) is 25.0 Å². The Morgan fingerprint density at radius 3 is 2.30 bits per heavy atom. The number of hydrogen-bond donors (Lipinski definition) is 1. The smallest absolute Gasteiger partial charge is 0.407 e. The van der Waals surface area contributed by atoms with Gasteiger partial charge in [-0.3, -0.25) is 20.2 Å². The van der Waals surface area contributed by atoms with Crippen LogP contribution in [-0.4, -0.2) is 34.7 Å². The third-order valence-corrected chi connectivity index (χ3v) is 2.38. The summed E-state index contributed by atoms with van der Waals surface area (Å²) in [5, 5.41) is 23.9. The van der Waals surface area contributed by atoms with Crippen LogP contribution in [0.2, 0.25) is 0 Å². The molecule has 0 unspecified atom stereocenters. The highest BCUT2D eigenvalue weighted by Crippen LogP contribution is 2.30. The van der Waals surface area contributed by atoms with E-state index in [1.54, 1.807) is 20.8 Å². The predicted molar refractivity (Wildman–Crippen MR) is 79.5 cm³/mol. The van der Waals surface area contributed by atoms with Crippen LogP contribution < -0.4 is 10.1 Å². The number of rotatable bonds is 6. The molecule has 23 heavy (non-hydrogen) atoms. The second-order valence-electron chi connectivity index (χ2n) is 5.44. The van der Waals surface area contributed by atoms with E-state index < -0.39 is 32.9 Å².